The Labute approximate surface area is 109 Å². The number of amides is 1. The molecule has 0 saturated carbocycles. The summed E-state index contributed by atoms with van der Waals surface area (Å²) in [5.41, 5.74) is 3.67. The number of morpholine rings is 1. The summed E-state index contributed by atoms with van der Waals surface area (Å²) in [5, 5.41) is 4.55. The molecule has 0 atom stereocenters. The number of hydrogen-bond donors (Lipinski definition) is 1. The highest BCUT2D eigenvalue weighted by atomic mass is 35.5. The molecule has 0 unspecified atom stereocenters. The van der Waals surface area contributed by atoms with Crippen molar-refractivity contribution in [2.75, 3.05) is 26.3 Å². The zero-order chi connectivity index (χ0) is 12.1. The molecule has 1 aromatic rings. The summed E-state index contributed by atoms with van der Waals surface area (Å²) in [6, 6.07) is 0. The van der Waals surface area contributed by atoms with Crippen LogP contribution in [0.2, 0.25) is 0 Å². The van der Waals surface area contributed by atoms with E-state index in [0.29, 0.717) is 25.5 Å². The quantitative estimate of drug-likeness (QED) is 0.826. The van der Waals surface area contributed by atoms with Crippen LogP contribution in [0, 0.1) is 0 Å². The van der Waals surface area contributed by atoms with E-state index in [1.54, 1.807) is 0 Å². The lowest BCUT2D eigenvalue weighted by Gasteiger charge is -2.26. The first-order valence-electron chi connectivity index (χ1n) is 5.39. The van der Waals surface area contributed by atoms with Crippen molar-refractivity contribution in [3.63, 3.8) is 0 Å². The predicted octanol–water partition coefficient (Wildman–Crippen LogP) is 0.788. The fourth-order valence-electron chi connectivity index (χ4n) is 1.52. The Morgan fingerprint density at radius 1 is 1.59 bits per heavy atom. The van der Waals surface area contributed by atoms with E-state index in [2.05, 4.69) is 10.4 Å². The van der Waals surface area contributed by atoms with Gasteiger partial charge in [0.1, 0.15) is 5.01 Å². The van der Waals surface area contributed by atoms with E-state index in [1.807, 2.05) is 10.4 Å². The number of nitrogens with one attached hydrogen (secondary N) is 1. The number of aromatic nitrogens is 1. The summed E-state index contributed by atoms with van der Waals surface area (Å²) in [6.07, 6.45) is 0.304. The van der Waals surface area contributed by atoms with E-state index in [1.165, 1.54) is 11.3 Å². The van der Waals surface area contributed by atoms with Gasteiger partial charge in [-0.05, 0) is 0 Å². The summed E-state index contributed by atoms with van der Waals surface area (Å²) in [5.74, 6) is 0.351. The second kappa shape index (κ2) is 6.30. The van der Waals surface area contributed by atoms with Crippen molar-refractivity contribution in [1.82, 2.24) is 15.4 Å². The molecule has 1 saturated heterocycles. The Morgan fingerprint density at radius 3 is 3.00 bits per heavy atom. The summed E-state index contributed by atoms with van der Waals surface area (Å²) in [4.78, 5) is 16.0. The van der Waals surface area contributed by atoms with Gasteiger partial charge in [0.05, 0.1) is 31.2 Å². The van der Waals surface area contributed by atoms with E-state index in [4.69, 9.17) is 16.3 Å². The molecule has 1 amide bonds. The van der Waals surface area contributed by atoms with Crippen molar-refractivity contribution in [2.24, 2.45) is 0 Å². The number of nitrogens with zero attached hydrogens (tertiary/aromatic N) is 2. The summed E-state index contributed by atoms with van der Waals surface area (Å²) >= 11 is 7.12. The minimum absolute atomic E-state index is 0.0395. The highest BCUT2D eigenvalue weighted by molar-refractivity contribution is 7.09. The van der Waals surface area contributed by atoms with Gasteiger partial charge in [-0.25, -0.2) is 9.99 Å². The first-order chi connectivity index (χ1) is 8.28. The van der Waals surface area contributed by atoms with Gasteiger partial charge in [0.15, 0.2) is 0 Å². The summed E-state index contributed by atoms with van der Waals surface area (Å²) in [7, 11) is 0. The molecule has 0 aliphatic carbocycles. The third-order valence-electron chi connectivity index (χ3n) is 2.34. The Hall–Kier alpha value is -0.690. The molecule has 1 aliphatic heterocycles. The number of alkyl halides is 1. The second-order valence-corrected chi connectivity index (χ2v) is 4.89. The maximum Gasteiger partial charge on any atom is 0.241 e. The Balaban J connectivity index is 1.79. The van der Waals surface area contributed by atoms with Crippen molar-refractivity contribution >= 4 is 28.8 Å². The molecule has 0 spiro atoms. The van der Waals surface area contributed by atoms with Gasteiger partial charge in [-0.15, -0.1) is 22.9 Å². The molecule has 0 aromatic carbocycles. The van der Waals surface area contributed by atoms with Crippen molar-refractivity contribution in [3.05, 3.63) is 16.1 Å². The molecule has 5 nitrogen and oxygen atoms in total. The van der Waals surface area contributed by atoms with Crippen LogP contribution in [0.3, 0.4) is 0 Å². The molecular weight excluding hydrogens is 262 g/mol. The number of carbonyl (C=O) groups is 1. The van der Waals surface area contributed by atoms with Crippen molar-refractivity contribution in [2.45, 2.75) is 12.3 Å². The first kappa shape index (κ1) is 12.8. The number of ether oxygens (including phenoxy) is 1. The van der Waals surface area contributed by atoms with Crippen LogP contribution in [0.4, 0.5) is 0 Å². The Bertz CT molecular complexity index is 379. The van der Waals surface area contributed by atoms with Crippen LogP contribution >= 0.6 is 22.9 Å². The van der Waals surface area contributed by atoms with Crippen LogP contribution in [-0.2, 0) is 21.8 Å². The molecule has 94 valence electrons. The number of hydrazine groups is 1. The van der Waals surface area contributed by atoms with E-state index in [0.717, 1.165) is 23.8 Å². The number of thiazole rings is 1. The number of carbonyl (C=O) groups excluding carboxylic acids is 1. The van der Waals surface area contributed by atoms with Crippen LogP contribution < -0.4 is 5.43 Å². The molecule has 1 N–H and O–H groups in total. The lowest BCUT2D eigenvalue weighted by molar-refractivity contribution is -0.127. The molecule has 17 heavy (non-hydrogen) atoms. The summed E-state index contributed by atoms with van der Waals surface area (Å²) < 4.78 is 5.20. The van der Waals surface area contributed by atoms with E-state index in [9.17, 15) is 4.79 Å². The monoisotopic (exact) mass is 275 g/mol. The molecule has 0 radical (unpaired) electrons. The molecular formula is C10H14ClN3O2S. The van der Waals surface area contributed by atoms with E-state index < -0.39 is 0 Å². The van der Waals surface area contributed by atoms with Gasteiger partial charge in [0.25, 0.3) is 0 Å². The molecule has 1 aromatic heterocycles. The van der Waals surface area contributed by atoms with Gasteiger partial charge in [-0.3, -0.25) is 10.2 Å². The van der Waals surface area contributed by atoms with Crippen molar-refractivity contribution in [1.29, 1.82) is 0 Å². The van der Waals surface area contributed by atoms with Gasteiger partial charge in [-0.2, -0.15) is 0 Å². The smallest absolute Gasteiger partial charge is 0.241 e. The predicted molar refractivity (Wildman–Crippen MR) is 65.9 cm³/mol. The average molecular weight is 276 g/mol. The zero-order valence-electron chi connectivity index (χ0n) is 9.32. The standard InChI is InChI=1S/C10H14ClN3O2S/c11-6-8-7-17-10(12-8)5-9(15)13-14-1-3-16-4-2-14/h7H,1-6H2,(H,13,15). The minimum Gasteiger partial charge on any atom is -0.379 e. The van der Waals surface area contributed by atoms with Crippen LogP contribution in [0.15, 0.2) is 5.38 Å². The van der Waals surface area contributed by atoms with E-state index in [-0.39, 0.29) is 5.91 Å². The molecule has 7 heteroatoms. The van der Waals surface area contributed by atoms with Gasteiger partial charge in [0.2, 0.25) is 5.91 Å². The molecule has 2 heterocycles. The molecule has 0 bridgehead atoms. The van der Waals surface area contributed by atoms with Crippen LogP contribution in [0.25, 0.3) is 0 Å². The number of rotatable bonds is 4. The van der Waals surface area contributed by atoms with Crippen molar-refractivity contribution in [3.8, 4) is 0 Å². The number of hydrogen-bond acceptors (Lipinski definition) is 5. The van der Waals surface area contributed by atoms with Gasteiger partial charge < -0.3 is 4.74 Å². The SMILES string of the molecule is O=C(Cc1nc(CCl)cs1)NN1CCOCC1. The maximum atomic E-state index is 11.7. The average Bonchev–Trinajstić information content (AvgIpc) is 2.78. The fourth-order valence-corrected chi connectivity index (χ4v) is 2.54. The lowest BCUT2D eigenvalue weighted by Crippen LogP contribution is -2.48. The van der Waals surface area contributed by atoms with E-state index >= 15 is 0 Å². The van der Waals surface area contributed by atoms with Crippen LogP contribution in [0.5, 0.6) is 0 Å². The minimum atomic E-state index is -0.0395. The Morgan fingerprint density at radius 2 is 2.35 bits per heavy atom. The molecule has 1 fully saturated rings. The van der Waals surface area contributed by atoms with Crippen LogP contribution in [-0.4, -0.2) is 42.2 Å². The van der Waals surface area contributed by atoms with Crippen molar-refractivity contribution < 1.29 is 9.53 Å². The summed E-state index contributed by atoms with van der Waals surface area (Å²) in [6.45, 7) is 2.79. The highest BCUT2D eigenvalue weighted by Gasteiger charge is 2.14. The Kier molecular flexibility index (Phi) is 4.73. The van der Waals surface area contributed by atoms with Gasteiger partial charge in [0, 0.05) is 18.5 Å². The molecule has 1 aliphatic rings. The lowest BCUT2D eigenvalue weighted by atomic mass is 10.4. The largest absolute Gasteiger partial charge is 0.379 e. The van der Waals surface area contributed by atoms with Gasteiger partial charge in [-0.1, -0.05) is 0 Å². The topological polar surface area (TPSA) is 54.5 Å². The second-order valence-electron chi connectivity index (χ2n) is 3.68. The third-order valence-corrected chi connectivity index (χ3v) is 3.51. The first-order valence-corrected chi connectivity index (χ1v) is 6.81. The third kappa shape index (κ3) is 3.92. The fraction of sp³-hybridized carbons (Fsp3) is 0.600. The maximum absolute atomic E-state index is 11.7. The number of halogens is 1. The molecule has 2 rings (SSSR count). The zero-order valence-corrected chi connectivity index (χ0v) is 10.9. The highest BCUT2D eigenvalue weighted by Crippen LogP contribution is 2.12. The van der Waals surface area contributed by atoms with Crippen LogP contribution in [0.1, 0.15) is 10.7 Å². The van der Waals surface area contributed by atoms with Gasteiger partial charge >= 0.3 is 0 Å². The normalized spacial score (nSPS) is 17.0.